The molecule has 1 radical (unpaired) electrons. The van der Waals surface area contributed by atoms with Crippen molar-refractivity contribution in [2.45, 2.75) is 149 Å². The number of carbonyl (C=O) groups is 1. The third-order valence-corrected chi connectivity index (χ3v) is 18.0. The van der Waals surface area contributed by atoms with E-state index in [4.69, 9.17) is 1.37 Å². The second-order valence-electron chi connectivity index (χ2n) is 14.3. The quantitative estimate of drug-likeness (QED) is 0.0456. The van der Waals surface area contributed by atoms with Crippen molar-refractivity contribution in [3.63, 3.8) is 0 Å². The molecule has 5 aromatic heterocycles. The van der Waals surface area contributed by atoms with Gasteiger partial charge in [-0.05, 0) is 133 Å². The van der Waals surface area contributed by atoms with Gasteiger partial charge in [0.05, 0.1) is 62.8 Å². The molecule has 0 aliphatic rings. The molecule has 0 aliphatic carbocycles. The Labute approximate surface area is 430 Å². The molecule has 0 saturated heterocycles. The summed E-state index contributed by atoms with van der Waals surface area (Å²) in [6.45, 7) is 6.08. The number of pyridine rings is 1. The molecule has 0 atom stereocenters. The van der Waals surface area contributed by atoms with E-state index in [1.807, 2.05) is 27.7 Å². The second kappa shape index (κ2) is 31.9. The molecule has 1 amide bonds. The molecule has 0 spiro atoms. The van der Waals surface area contributed by atoms with E-state index in [0.717, 1.165) is 76.4 Å². The SMILES string of the molecule is CCCCCCCCCCCCN(C(=O)c1cc(Br)sc1Br)c1cc(Br)sc1Br.CCCCCCCCCCCCn1c(=O)c2cc(Br)sc2c2sc(Br)cc21.[2H]CF.[Cu]. The molecule has 5 rings (SSSR count). The van der Waals surface area contributed by atoms with Gasteiger partial charge in [-0.3, -0.25) is 14.0 Å². The van der Waals surface area contributed by atoms with Gasteiger partial charge in [0, 0.05) is 30.2 Å². The fourth-order valence-electron chi connectivity index (χ4n) is 6.87. The third-order valence-electron chi connectivity index (χ3n) is 9.89. The van der Waals surface area contributed by atoms with Crippen molar-refractivity contribution >= 4 is 173 Å². The summed E-state index contributed by atoms with van der Waals surface area (Å²) in [5.41, 5.74) is 2.88. The van der Waals surface area contributed by atoms with Crippen LogP contribution < -0.4 is 10.5 Å². The summed E-state index contributed by atoms with van der Waals surface area (Å²) < 4.78 is 25.8. The van der Waals surface area contributed by atoms with Crippen LogP contribution in [0.3, 0.4) is 0 Å². The normalized spacial score (nSPS) is 11.2. The number of carbonyl (C=O) groups excluding carboxylic acids is 1. The Balaban J connectivity index is 0.000000383. The van der Waals surface area contributed by atoms with Crippen LogP contribution in [0.2, 0.25) is 0 Å². The number of alkyl halides is 1. The van der Waals surface area contributed by atoms with Gasteiger partial charge < -0.3 is 9.47 Å². The number of aryl methyl sites for hydroxylation is 1. The molecule has 5 aromatic rings. The number of aromatic nitrogens is 1. The van der Waals surface area contributed by atoms with Crippen molar-refractivity contribution in [2.24, 2.45) is 0 Å². The van der Waals surface area contributed by atoms with Crippen LogP contribution in [0, 0.1) is 0 Å². The fraction of sp³-hybridized carbons (Fsp3) is 0.581. The molecular weight excluding hydrogens is 1270 g/mol. The summed E-state index contributed by atoms with van der Waals surface area (Å²) >= 11 is 27.9. The van der Waals surface area contributed by atoms with Gasteiger partial charge in [0.1, 0.15) is 0 Å². The first-order valence-corrected chi connectivity index (χ1v) is 28.5. The maximum Gasteiger partial charge on any atom is 0.260 e. The Morgan fingerprint density at radius 3 is 1.56 bits per heavy atom. The summed E-state index contributed by atoms with van der Waals surface area (Å²) in [4.78, 5) is 28.2. The van der Waals surface area contributed by atoms with E-state index >= 15 is 0 Å². The standard InChI is InChI=1S/C21H27Br4NOS2.C21H27Br2NOS2.CH3F.Cu/c1-2-3-4-5-6-7-8-9-10-11-12-26(16-14-18(23)29-20(16)25)21(27)15-13-17(22)28-19(15)24;1-2-3-4-5-6-7-8-9-10-11-12-24-16-14-18(23)27-20(16)19-15(21(24)25)13-17(22)26-19;1-2;/h13-14H,2-12H2,1H3;13-14H,2-12H2,1H3;1H3;/i;;1D;. The number of hydrogen-bond donors (Lipinski definition) is 0. The third kappa shape index (κ3) is 18.8. The van der Waals surface area contributed by atoms with E-state index < -0.39 is 7.15 Å². The fourth-order valence-corrected chi connectivity index (χ4v) is 15.8. The van der Waals surface area contributed by atoms with Gasteiger partial charge in [0.15, 0.2) is 0 Å². The Bertz CT molecular complexity index is 2040. The monoisotopic (exact) mass is 1320 g/mol. The number of amides is 1. The molecule has 4 nitrogen and oxygen atoms in total. The molecule has 0 saturated carbocycles. The van der Waals surface area contributed by atoms with Gasteiger partial charge in [-0.1, -0.05) is 129 Å². The Kier molecular flexibility index (Phi) is 29.4. The Morgan fingerprint density at radius 1 is 0.627 bits per heavy atom. The molecule has 0 fully saturated rings. The Hall–Kier alpha value is 1.07. The molecule has 0 bridgehead atoms. The molecule has 335 valence electrons. The summed E-state index contributed by atoms with van der Waals surface area (Å²) in [6.07, 6.45) is 26.0. The number of hydrogen-bond acceptors (Lipinski definition) is 6. The number of unbranched alkanes of at least 4 members (excludes halogenated alkanes) is 18. The van der Waals surface area contributed by atoms with Crippen LogP contribution in [0.15, 0.2) is 51.8 Å². The maximum absolute atomic E-state index is 13.3. The van der Waals surface area contributed by atoms with Gasteiger partial charge in [-0.2, -0.15) is 0 Å². The smallest absolute Gasteiger partial charge is 0.260 e. The molecule has 16 heteroatoms. The molecule has 5 heterocycles. The average molecular weight is 1330 g/mol. The van der Waals surface area contributed by atoms with Crippen LogP contribution in [-0.2, 0) is 23.6 Å². The molecule has 0 aliphatic heterocycles. The average Bonchev–Trinajstić information content (AvgIpc) is 3.97. The molecule has 0 unspecified atom stereocenters. The number of nitrogens with zero attached hydrogens (tertiary/aromatic N) is 2. The van der Waals surface area contributed by atoms with E-state index in [1.54, 1.807) is 34.0 Å². The van der Waals surface area contributed by atoms with Crippen LogP contribution in [0.4, 0.5) is 10.1 Å². The van der Waals surface area contributed by atoms with Crippen LogP contribution >= 0.6 is 141 Å². The number of rotatable bonds is 24. The summed E-state index contributed by atoms with van der Waals surface area (Å²) in [7, 11) is -1.00. The molecule has 0 aromatic carbocycles. The van der Waals surface area contributed by atoms with E-state index in [9.17, 15) is 14.0 Å². The van der Waals surface area contributed by atoms with E-state index in [0.29, 0.717) is 5.56 Å². The molecule has 0 N–H and O–H groups in total. The van der Waals surface area contributed by atoms with Gasteiger partial charge in [0.2, 0.25) is 0 Å². The van der Waals surface area contributed by atoms with Gasteiger partial charge >= 0.3 is 0 Å². The first kappa shape index (κ1) is 54.4. The predicted octanol–water partition coefficient (Wildman–Crippen LogP) is 19.7. The molecular formula is C43H57Br6CuFN2O2S4. The van der Waals surface area contributed by atoms with E-state index in [-0.39, 0.29) is 28.5 Å². The van der Waals surface area contributed by atoms with Crippen LogP contribution in [0.5, 0.6) is 0 Å². The van der Waals surface area contributed by atoms with Crippen molar-refractivity contribution in [1.82, 2.24) is 4.57 Å². The zero-order chi connectivity index (χ0) is 43.2. The summed E-state index contributed by atoms with van der Waals surface area (Å²) in [6, 6.07) is 8.01. The minimum absolute atomic E-state index is 0. The number of halogens is 7. The number of anilines is 1. The second-order valence-corrected chi connectivity index (χ2v) is 26.6. The van der Waals surface area contributed by atoms with Crippen LogP contribution in [0.25, 0.3) is 20.3 Å². The minimum atomic E-state index is -1.00. The summed E-state index contributed by atoms with van der Waals surface area (Å²) in [5.74, 6) is 0.0424. The number of thiophene rings is 4. The van der Waals surface area contributed by atoms with Crippen molar-refractivity contribution in [1.29, 1.82) is 0 Å². The predicted molar refractivity (Wildman–Crippen MR) is 279 cm³/mol. The number of fused-ring (bicyclic) bond motifs is 3. The topological polar surface area (TPSA) is 42.3 Å². The van der Waals surface area contributed by atoms with E-state index in [2.05, 4.69) is 115 Å². The van der Waals surface area contributed by atoms with E-state index in [1.165, 1.54) is 125 Å². The van der Waals surface area contributed by atoms with Crippen LogP contribution in [0.1, 0.15) is 154 Å². The zero-order valence-electron chi connectivity index (χ0n) is 34.9. The summed E-state index contributed by atoms with van der Waals surface area (Å²) in [5, 5.41) is 0.848. The minimum Gasteiger partial charge on any atom is -0.307 e. The van der Waals surface area contributed by atoms with Crippen molar-refractivity contribution in [3.8, 4) is 0 Å². The van der Waals surface area contributed by atoms with Gasteiger partial charge in [0.25, 0.3) is 11.5 Å². The van der Waals surface area contributed by atoms with Crippen molar-refractivity contribution in [3.05, 3.63) is 62.9 Å². The van der Waals surface area contributed by atoms with Crippen molar-refractivity contribution < 1.29 is 27.6 Å². The Morgan fingerprint density at radius 2 is 1.07 bits per heavy atom. The largest absolute Gasteiger partial charge is 0.307 e. The zero-order valence-corrected chi connectivity index (χ0v) is 47.6. The van der Waals surface area contributed by atoms with Gasteiger partial charge in [-0.15, -0.1) is 45.3 Å². The first-order chi connectivity index (χ1) is 28.5. The van der Waals surface area contributed by atoms with Gasteiger partial charge in [-0.25, -0.2) is 0 Å². The first-order valence-electron chi connectivity index (χ1n) is 21.2. The molecule has 59 heavy (non-hydrogen) atoms. The van der Waals surface area contributed by atoms with Crippen LogP contribution in [-0.4, -0.2) is 24.2 Å². The van der Waals surface area contributed by atoms with Crippen molar-refractivity contribution in [2.75, 3.05) is 18.6 Å². The maximum atomic E-state index is 13.3.